The average molecular weight is 208 g/mol. The lowest BCUT2D eigenvalue weighted by atomic mass is 10.1. The number of hydrogen-bond acceptors (Lipinski definition) is 3. The van der Waals surface area contributed by atoms with Crippen molar-refractivity contribution in [3.8, 4) is 0 Å². The average Bonchev–Trinajstić information content (AvgIpc) is 2.30. The normalized spacial score (nSPS) is 13.8. The molecule has 0 saturated carbocycles. The minimum Gasteiger partial charge on any atom is -0.409 e. The van der Waals surface area contributed by atoms with E-state index < -0.39 is 6.10 Å². The monoisotopic (exact) mass is 208 g/mol. The van der Waals surface area contributed by atoms with E-state index in [1.54, 1.807) is 0 Å². The molecule has 0 aliphatic rings. The molecule has 0 aliphatic heterocycles. The molecule has 1 atom stereocenters. The molecule has 1 unspecified atom stereocenters. The lowest BCUT2D eigenvalue weighted by molar-refractivity contribution is 0.0950. The summed E-state index contributed by atoms with van der Waals surface area (Å²) in [4.78, 5) is 0. The zero-order valence-corrected chi connectivity index (χ0v) is 8.76. The van der Waals surface area contributed by atoms with Crippen molar-refractivity contribution in [3.63, 3.8) is 0 Å². The van der Waals surface area contributed by atoms with Crippen molar-refractivity contribution in [1.82, 2.24) is 0 Å². The van der Waals surface area contributed by atoms with Crippen molar-refractivity contribution >= 4 is 5.84 Å². The molecule has 0 heterocycles. The SMILES string of the molecule is CCCOC(C(N)=NO)c1ccccc1. The Morgan fingerprint density at radius 2 is 2.13 bits per heavy atom. The van der Waals surface area contributed by atoms with E-state index in [1.807, 2.05) is 37.3 Å². The smallest absolute Gasteiger partial charge is 0.173 e. The van der Waals surface area contributed by atoms with Crippen molar-refractivity contribution in [2.45, 2.75) is 19.4 Å². The number of hydrogen-bond donors (Lipinski definition) is 2. The fraction of sp³-hybridized carbons (Fsp3) is 0.364. The first-order chi connectivity index (χ1) is 7.29. The van der Waals surface area contributed by atoms with Crippen molar-refractivity contribution in [2.24, 2.45) is 10.9 Å². The van der Waals surface area contributed by atoms with Gasteiger partial charge in [-0.05, 0) is 12.0 Å². The van der Waals surface area contributed by atoms with Crippen LogP contribution in [-0.4, -0.2) is 17.6 Å². The van der Waals surface area contributed by atoms with Crippen LogP contribution in [0, 0.1) is 0 Å². The molecular weight excluding hydrogens is 192 g/mol. The predicted octanol–water partition coefficient (Wildman–Crippen LogP) is 1.90. The maximum atomic E-state index is 8.65. The quantitative estimate of drug-likeness (QED) is 0.336. The van der Waals surface area contributed by atoms with Gasteiger partial charge in [-0.3, -0.25) is 0 Å². The maximum absolute atomic E-state index is 8.65. The fourth-order valence-corrected chi connectivity index (χ4v) is 1.27. The van der Waals surface area contributed by atoms with Gasteiger partial charge in [-0.1, -0.05) is 42.4 Å². The Hall–Kier alpha value is -1.55. The fourth-order valence-electron chi connectivity index (χ4n) is 1.27. The largest absolute Gasteiger partial charge is 0.409 e. The molecule has 3 N–H and O–H groups in total. The van der Waals surface area contributed by atoms with Crippen LogP contribution in [-0.2, 0) is 4.74 Å². The summed E-state index contributed by atoms with van der Waals surface area (Å²) >= 11 is 0. The minimum absolute atomic E-state index is 0.0784. The Morgan fingerprint density at radius 1 is 1.47 bits per heavy atom. The van der Waals surface area contributed by atoms with E-state index in [0.717, 1.165) is 12.0 Å². The topological polar surface area (TPSA) is 67.8 Å². The van der Waals surface area contributed by atoms with E-state index in [0.29, 0.717) is 6.61 Å². The first-order valence-electron chi connectivity index (χ1n) is 4.93. The zero-order chi connectivity index (χ0) is 11.1. The summed E-state index contributed by atoms with van der Waals surface area (Å²) < 4.78 is 5.51. The molecule has 1 rings (SSSR count). The molecule has 0 radical (unpaired) electrons. The van der Waals surface area contributed by atoms with Gasteiger partial charge < -0.3 is 15.7 Å². The van der Waals surface area contributed by atoms with Gasteiger partial charge >= 0.3 is 0 Å². The molecule has 0 spiro atoms. The molecule has 0 aromatic heterocycles. The molecule has 0 bridgehead atoms. The van der Waals surface area contributed by atoms with Crippen LogP contribution in [0.2, 0.25) is 0 Å². The molecule has 4 nitrogen and oxygen atoms in total. The maximum Gasteiger partial charge on any atom is 0.173 e. The number of oxime groups is 1. The third-order valence-electron chi connectivity index (χ3n) is 1.98. The van der Waals surface area contributed by atoms with Crippen LogP contribution in [0.25, 0.3) is 0 Å². The van der Waals surface area contributed by atoms with Gasteiger partial charge in [0.15, 0.2) is 5.84 Å². The van der Waals surface area contributed by atoms with Crippen LogP contribution in [0.15, 0.2) is 35.5 Å². The summed E-state index contributed by atoms with van der Waals surface area (Å²) in [6, 6.07) is 9.47. The number of amidine groups is 1. The molecule has 82 valence electrons. The number of benzene rings is 1. The van der Waals surface area contributed by atoms with Gasteiger partial charge in [0.05, 0.1) is 0 Å². The van der Waals surface area contributed by atoms with Crippen LogP contribution < -0.4 is 5.73 Å². The minimum atomic E-state index is -0.462. The Balaban J connectivity index is 2.81. The summed E-state index contributed by atoms with van der Waals surface area (Å²) in [6.07, 6.45) is 0.429. The van der Waals surface area contributed by atoms with Gasteiger partial charge in [0.2, 0.25) is 0 Å². The molecule has 1 aromatic rings. The number of nitrogens with zero attached hydrogens (tertiary/aromatic N) is 1. The standard InChI is InChI=1S/C11H16N2O2/c1-2-8-15-10(11(12)13-14)9-6-4-3-5-7-9/h3-7,10,14H,2,8H2,1H3,(H2,12,13). The van der Waals surface area contributed by atoms with Crippen LogP contribution in [0.3, 0.4) is 0 Å². The predicted molar refractivity (Wildman–Crippen MR) is 58.8 cm³/mol. The first kappa shape index (κ1) is 11.5. The highest BCUT2D eigenvalue weighted by Gasteiger charge is 2.16. The summed E-state index contributed by atoms with van der Waals surface area (Å²) in [5, 5.41) is 11.6. The van der Waals surface area contributed by atoms with Gasteiger partial charge in [0.25, 0.3) is 0 Å². The number of nitrogens with two attached hydrogens (primary N) is 1. The van der Waals surface area contributed by atoms with E-state index in [-0.39, 0.29) is 5.84 Å². The van der Waals surface area contributed by atoms with Gasteiger partial charge in [-0.15, -0.1) is 0 Å². The lowest BCUT2D eigenvalue weighted by Crippen LogP contribution is -2.24. The third kappa shape index (κ3) is 3.25. The molecule has 4 heteroatoms. The van der Waals surface area contributed by atoms with E-state index >= 15 is 0 Å². The van der Waals surface area contributed by atoms with Gasteiger partial charge in [-0.2, -0.15) is 0 Å². The Morgan fingerprint density at radius 3 is 2.67 bits per heavy atom. The van der Waals surface area contributed by atoms with Crippen molar-refractivity contribution in [1.29, 1.82) is 0 Å². The number of rotatable bonds is 5. The summed E-state index contributed by atoms with van der Waals surface area (Å²) in [5.41, 5.74) is 6.46. The van der Waals surface area contributed by atoms with E-state index in [1.165, 1.54) is 0 Å². The summed E-state index contributed by atoms with van der Waals surface area (Å²) in [6.45, 7) is 2.59. The van der Waals surface area contributed by atoms with Crippen LogP contribution >= 0.6 is 0 Å². The lowest BCUT2D eigenvalue weighted by Gasteiger charge is -2.16. The molecule has 1 aromatic carbocycles. The van der Waals surface area contributed by atoms with Crippen molar-refractivity contribution < 1.29 is 9.94 Å². The number of ether oxygens (including phenoxy) is 1. The van der Waals surface area contributed by atoms with Crippen molar-refractivity contribution in [3.05, 3.63) is 35.9 Å². The molecular formula is C11H16N2O2. The van der Waals surface area contributed by atoms with Crippen LogP contribution in [0.5, 0.6) is 0 Å². The second-order valence-electron chi connectivity index (χ2n) is 3.19. The summed E-state index contributed by atoms with van der Waals surface area (Å²) in [7, 11) is 0. The highest BCUT2D eigenvalue weighted by molar-refractivity contribution is 5.85. The molecule has 0 amide bonds. The molecule has 15 heavy (non-hydrogen) atoms. The van der Waals surface area contributed by atoms with Gasteiger partial charge in [0.1, 0.15) is 6.10 Å². The Bertz CT molecular complexity index is 312. The second kappa shape index (κ2) is 6.03. The van der Waals surface area contributed by atoms with E-state index in [9.17, 15) is 0 Å². The van der Waals surface area contributed by atoms with E-state index in [4.69, 9.17) is 15.7 Å². The highest BCUT2D eigenvalue weighted by Crippen LogP contribution is 2.17. The zero-order valence-electron chi connectivity index (χ0n) is 8.76. The van der Waals surface area contributed by atoms with Crippen LogP contribution in [0.1, 0.15) is 25.0 Å². The van der Waals surface area contributed by atoms with Crippen molar-refractivity contribution in [2.75, 3.05) is 6.61 Å². The van der Waals surface area contributed by atoms with E-state index in [2.05, 4.69) is 5.16 Å². The Kier molecular flexibility index (Phi) is 4.63. The summed E-state index contributed by atoms with van der Waals surface area (Å²) in [5.74, 6) is 0.0784. The van der Waals surface area contributed by atoms with Gasteiger partial charge in [0, 0.05) is 6.61 Å². The van der Waals surface area contributed by atoms with Crippen LogP contribution in [0.4, 0.5) is 0 Å². The molecule has 0 aliphatic carbocycles. The third-order valence-corrected chi connectivity index (χ3v) is 1.98. The van der Waals surface area contributed by atoms with Gasteiger partial charge in [-0.25, -0.2) is 0 Å². The molecule has 0 saturated heterocycles. The first-order valence-corrected chi connectivity index (χ1v) is 4.93. The molecule has 0 fully saturated rings. The Labute approximate surface area is 89.4 Å². The second-order valence-corrected chi connectivity index (χ2v) is 3.19. The highest BCUT2D eigenvalue weighted by atomic mass is 16.5.